The minimum absolute atomic E-state index is 0.00463. The molecule has 2 aliphatic heterocycles. The molecule has 2 atom stereocenters. The molecule has 2 rings (SSSR count). The summed E-state index contributed by atoms with van der Waals surface area (Å²) in [6.45, 7) is 5.47. The molecule has 0 saturated carbocycles. The minimum atomic E-state index is 0.00463. The first-order chi connectivity index (χ1) is 7.22. The van der Waals surface area contributed by atoms with Crippen molar-refractivity contribution in [1.29, 1.82) is 0 Å². The van der Waals surface area contributed by atoms with Crippen molar-refractivity contribution in [3.8, 4) is 0 Å². The van der Waals surface area contributed by atoms with Gasteiger partial charge in [-0.15, -0.1) is 0 Å². The van der Waals surface area contributed by atoms with Crippen LogP contribution in [0.1, 0.15) is 52.9 Å². The van der Waals surface area contributed by atoms with Gasteiger partial charge in [-0.2, -0.15) is 0 Å². The van der Waals surface area contributed by atoms with Crippen LogP contribution in [0, 0.1) is 0 Å². The van der Waals surface area contributed by atoms with Crippen molar-refractivity contribution in [2.75, 3.05) is 7.05 Å². The summed E-state index contributed by atoms with van der Waals surface area (Å²) in [5.41, 5.74) is 0. The molecule has 2 bridgehead atoms. The van der Waals surface area contributed by atoms with Crippen LogP contribution >= 0.6 is 0 Å². The Labute approximate surface area is 94.0 Å². The Bertz CT molecular complexity index is 157. The summed E-state index contributed by atoms with van der Waals surface area (Å²) >= 11 is 0. The van der Waals surface area contributed by atoms with Crippen molar-refractivity contribution in [3.05, 3.63) is 0 Å². The smallest absolute Gasteiger partial charge is 0.216 e. The lowest BCUT2D eigenvalue weighted by molar-refractivity contribution is -0.118. The van der Waals surface area contributed by atoms with E-state index < -0.39 is 0 Å². The minimum Gasteiger partial charge on any atom is -0.359 e. The highest BCUT2D eigenvalue weighted by Crippen LogP contribution is 2.25. The predicted octanol–water partition coefficient (Wildman–Crippen LogP) is 2.07. The maximum absolute atomic E-state index is 9.70. The van der Waals surface area contributed by atoms with Crippen LogP contribution in [-0.2, 0) is 4.79 Å². The molecule has 15 heavy (non-hydrogen) atoms. The summed E-state index contributed by atoms with van der Waals surface area (Å²) in [5.74, 6) is 0.00463. The van der Waals surface area contributed by atoms with Crippen LogP contribution in [0.25, 0.3) is 0 Å². The number of carbonyl (C=O) groups is 1. The third-order valence-corrected chi connectivity index (χ3v) is 2.79. The Hall–Kier alpha value is -0.570. The molecule has 2 fully saturated rings. The van der Waals surface area contributed by atoms with E-state index in [0.717, 1.165) is 12.1 Å². The fraction of sp³-hybridized carbons (Fsp3) is 0.917. The van der Waals surface area contributed by atoms with Gasteiger partial charge < -0.3 is 10.6 Å². The number of hydrogen-bond donors (Lipinski definition) is 2. The second kappa shape index (κ2) is 8.72. The molecule has 0 radical (unpaired) electrons. The van der Waals surface area contributed by atoms with Crippen molar-refractivity contribution < 1.29 is 4.79 Å². The highest BCUT2D eigenvalue weighted by molar-refractivity contribution is 5.72. The van der Waals surface area contributed by atoms with Gasteiger partial charge in [-0.25, -0.2) is 0 Å². The van der Waals surface area contributed by atoms with E-state index in [1.807, 2.05) is 13.8 Å². The first-order valence-electron chi connectivity index (χ1n) is 6.16. The van der Waals surface area contributed by atoms with Crippen LogP contribution in [0.15, 0.2) is 0 Å². The molecule has 0 spiro atoms. The van der Waals surface area contributed by atoms with E-state index in [0.29, 0.717) is 0 Å². The monoisotopic (exact) mass is 214 g/mol. The number of fused-ring (bicyclic) bond motifs is 2. The van der Waals surface area contributed by atoms with Crippen molar-refractivity contribution in [1.82, 2.24) is 10.6 Å². The van der Waals surface area contributed by atoms with Gasteiger partial charge in [0.25, 0.3) is 0 Å². The topological polar surface area (TPSA) is 41.1 Å². The Morgan fingerprint density at radius 3 is 1.80 bits per heavy atom. The highest BCUT2D eigenvalue weighted by Gasteiger charge is 2.26. The standard InChI is InChI=1S/C7H13N.C3H7NO.C2H6/c1-2-6-4-5-7(3-1)8-6;1-3(5)4-2;1-2/h6-8H,1-5H2;1-2H3,(H,4,5);1-2H3. The van der Waals surface area contributed by atoms with Crippen molar-refractivity contribution in [2.24, 2.45) is 0 Å². The van der Waals surface area contributed by atoms with E-state index in [4.69, 9.17) is 0 Å². The van der Waals surface area contributed by atoms with E-state index in [-0.39, 0.29) is 5.91 Å². The van der Waals surface area contributed by atoms with Gasteiger partial charge in [0.05, 0.1) is 0 Å². The van der Waals surface area contributed by atoms with Crippen molar-refractivity contribution in [2.45, 2.75) is 65.0 Å². The van der Waals surface area contributed by atoms with Crippen LogP contribution < -0.4 is 10.6 Å². The maximum Gasteiger partial charge on any atom is 0.216 e. The lowest BCUT2D eigenvalue weighted by atomic mass is 10.1. The lowest BCUT2D eigenvalue weighted by Crippen LogP contribution is -2.33. The Kier molecular flexibility index (Phi) is 8.38. The molecule has 2 aliphatic rings. The fourth-order valence-electron chi connectivity index (χ4n) is 1.97. The Morgan fingerprint density at radius 2 is 1.53 bits per heavy atom. The third-order valence-electron chi connectivity index (χ3n) is 2.79. The summed E-state index contributed by atoms with van der Waals surface area (Å²) in [4.78, 5) is 9.70. The van der Waals surface area contributed by atoms with Crippen LogP contribution in [-0.4, -0.2) is 25.0 Å². The van der Waals surface area contributed by atoms with Gasteiger partial charge >= 0.3 is 0 Å². The average molecular weight is 214 g/mol. The zero-order valence-corrected chi connectivity index (χ0v) is 10.6. The van der Waals surface area contributed by atoms with E-state index in [2.05, 4.69) is 10.6 Å². The molecule has 2 N–H and O–H groups in total. The van der Waals surface area contributed by atoms with Crippen LogP contribution in [0.5, 0.6) is 0 Å². The Morgan fingerprint density at radius 1 is 1.13 bits per heavy atom. The SMILES string of the molecule is C1CC2CCC(C1)N2.CC.CNC(C)=O. The molecular formula is C12H26N2O. The van der Waals surface area contributed by atoms with Gasteiger partial charge in [-0.1, -0.05) is 20.3 Å². The number of carbonyl (C=O) groups excluding carboxylic acids is 1. The zero-order chi connectivity index (χ0) is 11.7. The maximum atomic E-state index is 9.70. The van der Waals surface area contributed by atoms with Gasteiger partial charge in [0.2, 0.25) is 5.91 Å². The van der Waals surface area contributed by atoms with Crippen LogP contribution in [0.3, 0.4) is 0 Å². The van der Waals surface area contributed by atoms with Crippen molar-refractivity contribution >= 4 is 5.91 Å². The molecule has 2 unspecified atom stereocenters. The molecule has 2 saturated heterocycles. The largest absolute Gasteiger partial charge is 0.359 e. The molecule has 1 amide bonds. The quantitative estimate of drug-likeness (QED) is 0.648. The van der Waals surface area contributed by atoms with Gasteiger partial charge in [-0.3, -0.25) is 4.79 Å². The van der Waals surface area contributed by atoms with Gasteiger partial charge in [-0.05, 0) is 25.7 Å². The van der Waals surface area contributed by atoms with Crippen LogP contribution in [0.4, 0.5) is 0 Å². The van der Waals surface area contributed by atoms with E-state index in [9.17, 15) is 4.79 Å². The summed E-state index contributed by atoms with van der Waals surface area (Å²) in [6, 6.07) is 1.82. The second-order valence-corrected chi connectivity index (χ2v) is 3.87. The average Bonchev–Trinajstić information content (AvgIpc) is 2.61. The molecule has 3 heteroatoms. The van der Waals surface area contributed by atoms with E-state index in [1.165, 1.54) is 39.0 Å². The summed E-state index contributed by atoms with van der Waals surface area (Å²) < 4.78 is 0. The fourth-order valence-corrected chi connectivity index (χ4v) is 1.97. The molecule has 2 heterocycles. The molecule has 0 aromatic carbocycles. The molecule has 90 valence electrons. The van der Waals surface area contributed by atoms with Gasteiger partial charge in [0, 0.05) is 26.1 Å². The van der Waals surface area contributed by atoms with Gasteiger partial charge in [0.15, 0.2) is 0 Å². The second-order valence-electron chi connectivity index (χ2n) is 3.87. The number of piperidine rings is 1. The van der Waals surface area contributed by atoms with Gasteiger partial charge in [0.1, 0.15) is 0 Å². The van der Waals surface area contributed by atoms with E-state index in [1.54, 1.807) is 7.05 Å². The summed E-state index contributed by atoms with van der Waals surface area (Å²) in [7, 11) is 1.60. The van der Waals surface area contributed by atoms with Crippen LogP contribution in [0.2, 0.25) is 0 Å². The molecule has 0 aliphatic carbocycles. The number of amides is 1. The number of rotatable bonds is 0. The number of hydrogen-bond acceptors (Lipinski definition) is 2. The molecular weight excluding hydrogens is 188 g/mol. The van der Waals surface area contributed by atoms with Crippen molar-refractivity contribution in [3.63, 3.8) is 0 Å². The lowest BCUT2D eigenvalue weighted by Gasteiger charge is -2.19. The molecule has 0 aromatic heterocycles. The first kappa shape index (κ1) is 14.4. The summed E-state index contributed by atoms with van der Waals surface area (Å²) in [5, 5.41) is 5.98. The highest BCUT2D eigenvalue weighted by atomic mass is 16.1. The predicted molar refractivity (Wildman–Crippen MR) is 64.9 cm³/mol. The molecule has 0 aromatic rings. The van der Waals surface area contributed by atoms with E-state index >= 15 is 0 Å². The summed E-state index contributed by atoms with van der Waals surface area (Å²) in [6.07, 6.45) is 7.25. The normalized spacial score (nSPS) is 26.7. The number of nitrogens with one attached hydrogen (secondary N) is 2. The first-order valence-corrected chi connectivity index (χ1v) is 6.16. The Balaban J connectivity index is 0.000000247. The molecule has 3 nitrogen and oxygen atoms in total. The zero-order valence-electron chi connectivity index (χ0n) is 10.6. The third kappa shape index (κ3) is 6.50.